The third-order valence-corrected chi connectivity index (χ3v) is 5.73. The van der Waals surface area contributed by atoms with Crippen LogP contribution in [0, 0.1) is 0 Å². The molecule has 1 fully saturated rings. The van der Waals surface area contributed by atoms with Crippen molar-refractivity contribution in [3.05, 3.63) is 89.6 Å². The van der Waals surface area contributed by atoms with Crippen molar-refractivity contribution in [1.29, 1.82) is 0 Å². The molecule has 1 aliphatic heterocycles. The molecule has 162 valence electrons. The van der Waals surface area contributed by atoms with Gasteiger partial charge in [-0.15, -0.1) is 0 Å². The second kappa shape index (κ2) is 10.4. The maximum Gasteiger partial charge on any atom is 0.276 e. The van der Waals surface area contributed by atoms with Gasteiger partial charge in [0.1, 0.15) is 6.26 Å². The van der Waals surface area contributed by atoms with Crippen LogP contribution < -0.4 is 0 Å². The number of aromatic nitrogens is 1. The number of oxazole rings is 1. The zero-order valence-corrected chi connectivity index (χ0v) is 18.1. The summed E-state index contributed by atoms with van der Waals surface area (Å²) in [6, 6.07) is 20.6. The van der Waals surface area contributed by atoms with E-state index in [2.05, 4.69) is 45.1 Å². The van der Waals surface area contributed by atoms with Gasteiger partial charge in [-0.3, -0.25) is 14.6 Å². The molecule has 0 aliphatic carbocycles. The number of hydrogen-bond donors (Lipinski definition) is 0. The molecule has 2 aromatic carbocycles. The van der Waals surface area contributed by atoms with Crippen LogP contribution in [0.25, 0.3) is 0 Å². The molecular weight excluding hydrogens is 388 g/mol. The topological polar surface area (TPSA) is 52.8 Å². The first-order chi connectivity index (χ1) is 15.2. The Balaban J connectivity index is 1.28. The van der Waals surface area contributed by atoms with Crippen molar-refractivity contribution >= 4 is 5.91 Å². The summed E-state index contributed by atoms with van der Waals surface area (Å²) in [7, 11) is 0. The highest BCUT2D eigenvalue weighted by atomic mass is 16.3. The summed E-state index contributed by atoms with van der Waals surface area (Å²) in [5, 5.41) is 0. The van der Waals surface area contributed by atoms with E-state index in [-0.39, 0.29) is 5.91 Å². The van der Waals surface area contributed by atoms with Gasteiger partial charge in [-0.25, -0.2) is 4.98 Å². The summed E-state index contributed by atoms with van der Waals surface area (Å²) in [6.45, 7) is 8.76. The zero-order valence-electron chi connectivity index (χ0n) is 18.1. The SMILES string of the molecule is CCN(Cc1ccccc1)C(=O)c1coc(CN2CCN(Cc3ccccc3)CC2)n1. The molecule has 0 unspecified atom stereocenters. The Morgan fingerprint density at radius 1 is 0.903 bits per heavy atom. The maximum absolute atomic E-state index is 12.9. The van der Waals surface area contributed by atoms with Crippen molar-refractivity contribution in [1.82, 2.24) is 19.7 Å². The summed E-state index contributed by atoms with van der Waals surface area (Å²) >= 11 is 0. The van der Waals surface area contributed by atoms with Gasteiger partial charge in [0.2, 0.25) is 5.89 Å². The van der Waals surface area contributed by atoms with Crippen LogP contribution in [0.5, 0.6) is 0 Å². The summed E-state index contributed by atoms with van der Waals surface area (Å²) in [6.07, 6.45) is 1.50. The number of piperazine rings is 1. The number of nitrogens with zero attached hydrogens (tertiary/aromatic N) is 4. The Morgan fingerprint density at radius 3 is 2.10 bits per heavy atom. The van der Waals surface area contributed by atoms with Crippen LogP contribution in [0.1, 0.15) is 34.4 Å². The molecule has 6 heteroatoms. The molecule has 2 heterocycles. The average Bonchev–Trinajstić information content (AvgIpc) is 3.28. The van der Waals surface area contributed by atoms with Crippen LogP contribution in [0.3, 0.4) is 0 Å². The molecule has 1 amide bonds. The Morgan fingerprint density at radius 2 is 1.48 bits per heavy atom. The Bertz CT molecular complexity index is 950. The second-order valence-corrected chi connectivity index (χ2v) is 7.97. The van der Waals surface area contributed by atoms with E-state index in [1.807, 2.05) is 37.3 Å². The molecule has 0 N–H and O–H groups in total. The van der Waals surface area contributed by atoms with Crippen molar-refractivity contribution in [3.63, 3.8) is 0 Å². The average molecular weight is 419 g/mol. The maximum atomic E-state index is 12.9. The van der Waals surface area contributed by atoms with Gasteiger partial charge in [0.25, 0.3) is 5.91 Å². The molecule has 3 aromatic rings. The Kier molecular flexibility index (Phi) is 7.12. The molecular formula is C25H30N4O2. The van der Waals surface area contributed by atoms with Gasteiger partial charge in [-0.1, -0.05) is 60.7 Å². The van der Waals surface area contributed by atoms with E-state index in [1.54, 1.807) is 4.90 Å². The fraction of sp³-hybridized carbons (Fsp3) is 0.360. The van der Waals surface area contributed by atoms with Crippen LogP contribution in [-0.4, -0.2) is 58.3 Å². The number of amides is 1. The molecule has 31 heavy (non-hydrogen) atoms. The van der Waals surface area contributed by atoms with Crippen molar-refractivity contribution in [2.45, 2.75) is 26.6 Å². The van der Waals surface area contributed by atoms with Gasteiger partial charge in [-0.2, -0.15) is 0 Å². The first-order valence-electron chi connectivity index (χ1n) is 11.0. The number of rotatable bonds is 8. The van der Waals surface area contributed by atoms with Crippen molar-refractivity contribution in [3.8, 4) is 0 Å². The highest BCUT2D eigenvalue weighted by Crippen LogP contribution is 2.14. The molecule has 1 aliphatic rings. The van der Waals surface area contributed by atoms with Crippen molar-refractivity contribution < 1.29 is 9.21 Å². The molecule has 0 bridgehead atoms. The Hall–Kier alpha value is -2.96. The van der Waals surface area contributed by atoms with E-state index >= 15 is 0 Å². The van der Waals surface area contributed by atoms with E-state index in [4.69, 9.17) is 4.42 Å². The van der Waals surface area contributed by atoms with Crippen LogP contribution >= 0.6 is 0 Å². The first kappa shape index (κ1) is 21.3. The zero-order chi connectivity index (χ0) is 21.5. The molecule has 0 saturated carbocycles. The van der Waals surface area contributed by atoms with Gasteiger partial charge < -0.3 is 9.32 Å². The number of benzene rings is 2. The third-order valence-electron chi connectivity index (χ3n) is 5.73. The van der Waals surface area contributed by atoms with Crippen LogP contribution in [-0.2, 0) is 19.6 Å². The fourth-order valence-corrected chi connectivity index (χ4v) is 3.91. The van der Waals surface area contributed by atoms with Gasteiger partial charge in [0, 0.05) is 45.8 Å². The van der Waals surface area contributed by atoms with Crippen LogP contribution in [0.4, 0.5) is 0 Å². The van der Waals surface area contributed by atoms with Crippen LogP contribution in [0.2, 0.25) is 0 Å². The normalized spacial score (nSPS) is 15.1. The standard InChI is InChI=1S/C25H30N4O2/c1-2-29(18-22-11-7-4-8-12-22)25(30)23-20-31-24(26-23)19-28-15-13-27(14-16-28)17-21-9-5-3-6-10-21/h3-12,20H,2,13-19H2,1H3. The molecule has 4 rings (SSSR count). The quantitative estimate of drug-likeness (QED) is 0.559. The molecule has 1 saturated heterocycles. The lowest BCUT2D eigenvalue weighted by atomic mass is 10.2. The van der Waals surface area contributed by atoms with Gasteiger partial charge in [0.05, 0.1) is 6.54 Å². The second-order valence-electron chi connectivity index (χ2n) is 7.97. The van der Waals surface area contributed by atoms with Crippen molar-refractivity contribution in [2.75, 3.05) is 32.7 Å². The summed E-state index contributed by atoms with van der Waals surface area (Å²) in [5.41, 5.74) is 2.84. The Labute approximate surface area is 184 Å². The van der Waals surface area contributed by atoms with Gasteiger partial charge in [0.15, 0.2) is 5.69 Å². The van der Waals surface area contributed by atoms with E-state index in [9.17, 15) is 4.79 Å². The van der Waals surface area contributed by atoms with E-state index < -0.39 is 0 Å². The minimum absolute atomic E-state index is 0.0889. The minimum atomic E-state index is -0.0889. The lowest BCUT2D eigenvalue weighted by molar-refractivity contribution is 0.0746. The smallest absolute Gasteiger partial charge is 0.276 e. The summed E-state index contributed by atoms with van der Waals surface area (Å²) < 4.78 is 5.64. The van der Waals surface area contributed by atoms with E-state index in [0.717, 1.165) is 38.3 Å². The number of carbonyl (C=O) groups is 1. The van der Waals surface area contributed by atoms with Gasteiger partial charge >= 0.3 is 0 Å². The first-order valence-corrected chi connectivity index (χ1v) is 11.0. The lowest BCUT2D eigenvalue weighted by Gasteiger charge is -2.34. The monoisotopic (exact) mass is 418 g/mol. The fourth-order valence-electron chi connectivity index (χ4n) is 3.91. The molecule has 1 aromatic heterocycles. The van der Waals surface area contributed by atoms with E-state index in [1.165, 1.54) is 11.8 Å². The van der Waals surface area contributed by atoms with Crippen molar-refractivity contribution in [2.24, 2.45) is 0 Å². The molecule has 6 nitrogen and oxygen atoms in total. The highest BCUT2D eigenvalue weighted by molar-refractivity contribution is 5.91. The number of hydrogen-bond acceptors (Lipinski definition) is 5. The van der Waals surface area contributed by atoms with Gasteiger partial charge in [-0.05, 0) is 18.1 Å². The predicted molar refractivity (Wildman–Crippen MR) is 120 cm³/mol. The summed E-state index contributed by atoms with van der Waals surface area (Å²) in [4.78, 5) is 24.0. The lowest BCUT2D eigenvalue weighted by Crippen LogP contribution is -2.45. The number of carbonyl (C=O) groups excluding carboxylic acids is 1. The molecule has 0 radical (unpaired) electrons. The molecule has 0 atom stereocenters. The van der Waals surface area contributed by atoms with E-state index in [0.29, 0.717) is 31.2 Å². The molecule has 0 spiro atoms. The minimum Gasteiger partial charge on any atom is -0.447 e. The van der Waals surface area contributed by atoms with Crippen LogP contribution in [0.15, 0.2) is 71.3 Å². The highest BCUT2D eigenvalue weighted by Gasteiger charge is 2.22. The predicted octanol–water partition coefficient (Wildman–Crippen LogP) is 3.65. The largest absolute Gasteiger partial charge is 0.447 e. The summed E-state index contributed by atoms with van der Waals surface area (Å²) in [5.74, 6) is 0.518. The third kappa shape index (κ3) is 5.81.